The summed E-state index contributed by atoms with van der Waals surface area (Å²) in [5.74, 6) is -1.42. The first-order chi connectivity index (χ1) is 11.5. The molecule has 126 valence electrons. The molecule has 1 amide bonds. The maximum Gasteiger partial charge on any atom is 0.255 e. The molecule has 0 aromatic heterocycles. The van der Waals surface area contributed by atoms with Gasteiger partial charge in [0, 0.05) is 23.6 Å². The van der Waals surface area contributed by atoms with Crippen LogP contribution in [0.2, 0.25) is 0 Å². The van der Waals surface area contributed by atoms with Crippen LogP contribution in [0.25, 0.3) is 0 Å². The lowest BCUT2D eigenvalue weighted by Crippen LogP contribution is -2.13. The van der Waals surface area contributed by atoms with Crippen LogP contribution in [0.4, 0.5) is 14.5 Å². The topological polar surface area (TPSA) is 47.6 Å². The van der Waals surface area contributed by atoms with Gasteiger partial charge in [-0.1, -0.05) is 0 Å². The smallest absolute Gasteiger partial charge is 0.255 e. The molecule has 2 aromatic carbocycles. The zero-order valence-corrected chi connectivity index (χ0v) is 13.4. The van der Waals surface area contributed by atoms with Crippen molar-refractivity contribution in [1.82, 2.24) is 0 Å². The predicted octanol–water partition coefficient (Wildman–Crippen LogP) is 3.94. The van der Waals surface area contributed by atoms with Gasteiger partial charge in [0.2, 0.25) is 0 Å². The summed E-state index contributed by atoms with van der Waals surface area (Å²) in [5.41, 5.74) is 1.46. The average molecular weight is 333 g/mol. The summed E-state index contributed by atoms with van der Waals surface area (Å²) in [4.78, 5) is 12.3. The minimum Gasteiger partial charge on any atom is -0.492 e. The van der Waals surface area contributed by atoms with Gasteiger partial charge in [0.1, 0.15) is 17.6 Å². The second-order valence-corrected chi connectivity index (χ2v) is 5.60. The first-order valence-electron chi connectivity index (χ1n) is 7.70. The third-order valence-corrected chi connectivity index (χ3v) is 3.73. The second-order valence-electron chi connectivity index (χ2n) is 5.60. The van der Waals surface area contributed by atoms with Gasteiger partial charge in [-0.15, -0.1) is 0 Å². The van der Waals surface area contributed by atoms with Crippen LogP contribution in [0.5, 0.6) is 11.5 Å². The summed E-state index contributed by atoms with van der Waals surface area (Å²) < 4.78 is 37.6. The lowest BCUT2D eigenvalue weighted by atomic mass is 10.1. The molecule has 0 bridgehead atoms. The number of carbonyl (C=O) groups excluding carboxylic acids is 1. The molecule has 1 heterocycles. The second kappa shape index (κ2) is 6.47. The lowest BCUT2D eigenvalue weighted by molar-refractivity contribution is 0.102. The van der Waals surface area contributed by atoms with Gasteiger partial charge < -0.3 is 14.8 Å². The molecule has 2 aromatic rings. The van der Waals surface area contributed by atoms with E-state index in [1.54, 1.807) is 6.07 Å². The van der Waals surface area contributed by atoms with Crippen molar-refractivity contribution >= 4 is 11.6 Å². The normalized spacial score (nSPS) is 15.6. The molecule has 24 heavy (non-hydrogen) atoms. The maximum atomic E-state index is 13.3. The summed E-state index contributed by atoms with van der Waals surface area (Å²) in [6, 6.07) is 6.53. The van der Waals surface area contributed by atoms with Crippen molar-refractivity contribution in [3.05, 3.63) is 53.1 Å². The molecule has 0 unspecified atom stereocenters. The minimum atomic E-state index is -1.07. The molecule has 1 aliphatic rings. The molecule has 0 spiro atoms. The molecule has 4 nitrogen and oxygen atoms in total. The summed E-state index contributed by atoms with van der Waals surface area (Å²) in [6.45, 7) is 4.23. The third-order valence-electron chi connectivity index (χ3n) is 3.73. The molecule has 0 fully saturated rings. The number of amides is 1. The molecule has 1 aliphatic heterocycles. The number of hydrogen-bond acceptors (Lipinski definition) is 3. The number of carbonyl (C=O) groups is 1. The van der Waals surface area contributed by atoms with E-state index in [4.69, 9.17) is 9.47 Å². The predicted molar refractivity (Wildman–Crippen MR) is 85.7 cm³/mol. The highest BCUT2D eigenvalue weighted by molar-refractivity contribution is 6.05. The van der Waals surface area contributed by atoms with Crippen LogP contribution in [0.15, 0.2) is 30.3 Å². The summed E-state index contributed by atoms with van der Waals surface area (Å²) in [6.07, 6.45) is 0.832. The van der Waals surface area contributed by atoms with Crippen LogP contribution in [-0.4, -0.2) is 18.6 Å². The van der Waals surface area contributed by atoms with E-state index in [9.17, 15) is 13.6 Å². The van der Waals surface area contributed by atoms with Crippen LogP contribution in [0, 0.1) is 11.6 Å². The molecule has 1 atom stereocenters. The molecule has 0 aliphatic carbocycles. The first-order valence-corrected chi connectivity index (χ1v) is 7.70. The number of halogens is 2. The number of nitrogens with one attached hydrogen (secondary N) is 1. The molecule has 3 rings (SSSR count). The molecule has 0 saturated heterocycles. The Morgan fingerprint density at radius 3 is 2.79 bits per heavy atom. The summed E-state index contributed by atoms with van der Waals surface area (Å²) >= 11 is 0. The van der Waals surface area contributed by atoms with Crippen LogP contribution in [-0.2, 0) is 6.42 Å². The fourth-order valence-corrected chi connectivity index (χ4v) is 2.64. The van der Waals surface area contributed by atoms with Crippen molar-refractivity contribution in [2.75, 3.05) is 11.9 Å². The Morgan fingerprint density at radius 2 is 2.08 bits per heavy atom. The zero-order chi connectivity index (χ0) is 17.3. The van der Waals surface area contributed by atoms with Crippen LogP contribution in [0.1, 0.15) is 29.8 Å². The van der Waals surface area contributed by atoms with Crippen molar-refractivity contribution in [2.45, 2.75) is 26.4 Å². The Balaban J connectivity index is 1.89. The van der Waals surface area contributed by atoms with Crippen molar-refractivity contribution in [1.29, 1.82) is 0 Å². The van der Waals surface area contributed by atoms with Gasteiger partial charge in [0.25, 0.3) is 5.91 Å². The number of ether oxygens (including phenoxy) is 2. The van der Waals surface area contributed by atoms with E-state index in [1.807, 2.05) is 19.9 Å². The molecule has 6 heteroatoms. The highest BCUT2D eigenvalue weighted by atomic mass is 19.2. The van der Waals surface area contributed by atoms with Gasteiger partial charge in [-0.3, -0.25) is 4.79 Å². The molecule has 0 saturated carbocycles. The van der Waals surface area contributed by atoms with Gasteiger partial charge in [0.05, 0.1) is 12.3 Å². The van der Waals surface area contributed by atoms with E-state index in [0.29, 0.717) is 23.8 Å². The van der Waals surface area contributed by atoms with E-state index < -0.39 is 17.5 Å². The van der Waals surface area contributed by atoms with Crippen LogP contribution in [0.3, 0.4) is 0 Å². The molecule has 1 N–H and O–H groups in total. The van der Waals surface area contributed by atoms with E-state index in [-0.39, 0.29) is 11.7 Å². The van der Waals surface area contributed by atoms with E-state index in [0.717, 1.165) is 24.1 Å². The van der Waals surface area contributed by atoms with Gasteiger partial charge in [-0.25, -0.2) is 8.78 Å². The zero-order valence-electron chi connectivity index (χ0n) is 13.4. The fourth-order valence-electron chi connectivity index (χ4n) is 2.64. The molecular formula is C18H17F2NO3. The van der Waals surface area contributed by atoms with Crippen LogP contribution < -0.4 is 14.8 Å². The van der Waals surface area contributed by atoms with Gasteiger partial charge in [-0.05, 0) is 38.1 Å². The molecule has 0 radical (unpaired) electrons. The quantitative estimate of drug-likeness (QED) is 0.922. The Hall–Kier alpha value is -2.63. The Kier molecular flexibility index (Phi) is 4.38. The number of benzene rings is 2. The van der Waals surface area contributed by atoms with Crippen molar-refractivity contribution in [3.8, 4) is 11.5 Å². The Morgan fingerprint density at radius 1 is 1.29 bits per heavy atom. The summed E-state index contributed by atoms with van der Waals surface area (Å²) in [5, 5.41) is 2.67. The first kappa shape index (κ1) is 16.2. The minimum absolute atomic E-state index is 0.0196. The van der Waals surface area contributed by atoms with Crippen molar-refractivity contribution in [3.63, 3.8) is 0 Å². The maximum absolute atomic E-state index is 13.3. The van der Waals surface area contributed by atoms with E-state index >= 15 is 0 Å². The Bertz CT molecular complexity index is 792. The molecular weight excluding hydrogens is 316 g/mol. The standard InChI is InChI=1S/C18H17F2NO3/c1-3-23-17-8-12-6-10(2)24-16(12)9-15(17)21-18(22)11-4-5-13(19)14(20)7-11/h4-5,7-10H,3,6H2,1-2H3,(H,21,22)/t10-/m0/s1. The fraction of sp³-hybridized carbons (Fsp3) is 0.278. The number of anilines is 1. The van der Waals surface area contributed by atoms with Gasteiger partial charge >= 0.3 is 0 Å². The van der Waals surface area contributed by atoms with Gasteiger partial charge in [0.15, 0.2) is 11.6 Å². The average Bonchev–Trinajstić information content (AvgIpc) is 2.89. The monoisotopic (exact) mass is 333 g/mol. The Labute approximate surface area is 138 Å². The highest BCUT2D eigenvalue weighted by Crippen LogP contribution is 2.38. The van der Waals surface area contributed by atoms with Gasteiger partial charge in [-0.2, -0.15) is 0 Å². The SMILES string of the molecule is CCOc1cc2c(cc1NC(=O)c1ccc(F)c(F)c1)O[C@@H](C)C2. The van der Waals surface area contributed by atoms with Crippen molar-refractivity contribution < 1.29 is 23.0 Å². The number of fused-ring (bicyclic) bond motifs is 1. The highest BCUT2D eigenvalue weighted by Gasteiger charge is 2.23. The summed E-state index contributed by atoms with van der Waals surface area (Å²) in [7, 11) is 0. The van der Waals surface area contributed by atoms with Crippen LogP contribution >= 0.6 is 0 Å². The van der Waals surface area contributed by atoms with E-state index in [2.05, 4.69) is 5.32 Å². The lowest BCUT2D eigenvalue weighted by Gasteiger charge is -2.13. The van der Waals surface area contributed by atoms with E-state index in [1.165, 1.54) is 6.07 Å². The number of hydrogen-bond donors (Lipinski definition) is 1. The largest absolute Gasteiger partial charge is 0.492 e. The third kappa shape index (κ3) is 3.18. The number of rotatable bonds is 4. The van der Waals surface area contributed by atoms with Crippen molar-refractivity contribution in [2.24, 2.45) is 0 Å².